The number of rotatable bonds is 8. The number of non-ortho nitro benzene ring substituents is 1. The number of nitro groups is 1. The lowest BCUT2D eigenvalue weighted by molar-refractivity contribution is -0.384. The van der Waals surface area contributed by atoms with E-state index in [2.05, 4.69) is 21.2 Å². The van der Waals surface area contributed by atoms with Gasteiger partial charge in [-0.25, -0.2) is 0 Å². The second-order valence-electron chi connectivity index (χ2n) is 6.85. The molecule has 8 nitrogen and oxygen atoms in total. The highest BCUT2D eigenvalue weighted by atomic mass is 79.9. The minimum atomic E-state index is -0.607. The van der Waals surface area contributed by atoms with Crippen molar-refractivity contribution in [3.8, 4) is 17.6 Å². The first kappa shape index (κ1) is 24.8. The first-order chi connectivity index (χ1) is 16.3. The molecule has 0 saturated carbocycles. The Bertz CT molecular complexity index is 1300. The molecule has 34 heavy (non-hydrogen) atoms. The molecular weight excluding hydrogens is 526 g/mol. The van der Waals surface area contributed by atoms with Gasteiger partial charge < -0.3 is 14.8 Å². The zero-order valence-electron chi connectivity index (χ0n) is 17.7. The van der Waals surface area contributed by atoms with E-state index in [9.17, 15) is 20.2 Å². The molecule has 0 atom stereocenters. The van der Waals surface area contributed by atoms with Crippen LogP contribution in [0.1, 0.15) is 11.1 Å². The number of hydrogen-bond donors (Lipinski definition) is 1. The van der Waals surface area contributed by atoms with Gasteiger partial charge in [-0.15, -0.1) is 0 Å². The van der Waals surface area contributed by atoms with Crippen molar-refractivity contribution < 1.29 is 19.2 Å². The van der Waals surface area contributed by atoms with E-state index >= 15 is 0 Å². The molecule has 0 aromatic heterocycles. The molecule has 0 fully saturated rings. The molecule has 0 heterocycles. The van der Waals surface area contributed by atoms with Crippen molar-refractivity contribution in [3.05, 3.63) is 97.0 Å². The SMILES string of the molecule is COc1cc(/C=C(/C#N)C(=O)Nc2ccccc2Cl)cc(Br)c1OCc1ccc([N+](=O)[O-])cc1. The van der Waals surface area contributed by atoms with Crippen LogP contribution in [0, 0.1) is 21.4 Å². The third-order valence-corrected chi connectivity index (χ3v) is 5.50. The molecule has 0 aliphatic carbocycles. The number of nitrogens with zero attached hydrogens (tertiary/aromatic N) is 2. The number of hydrogen-bond acceptors (Lipinski definition) is 6. The van der Waals surface area contributed by atoms with Crippen molar-refractivity contribution in [3.63, 3.8) is 0 Å². The molecule has 0 aliphatic heterocycles. The van der Waals surface area contributed by atoms with Crippen LogP contribution in [-0.2, 0) is 11.4 Å². The van der Waals surface area contributed by atoms with Crippen molar-refractivity contribution in [2.75, 3.05) is 12.4 Å². The first-order valence-corrected chi connectivity index (χ1v) is 10.9. The van der Waals surface area contributed by atoms with Gasteiger partial charge in [-0.3, -0.25) is 14.9 Å². The van der Waals surface area contributed by atoms with Crippen LogP contribution in [0.15, 0.2) is 70.7 Å². The maximum absolute atomic E-state index is 12.6. The fourth-order valence-corrected chi connectivity index (χ4v) is 3.66. The highest BCUT2D eigenvalue weighted by Gasteiger charge is 2.15. The van der Waals surface area contributed by atoms with Crippen LogP contribution in [0.4, 0.5) is 11.4 Å². The van der Waals surface area contributed by atoms with Crippen molar-refractivity contribution in [1.82, 2.24) is 0 Å². The Balaban J connectivity index is 1.80. The van der Waals surface area contributed by atoms with Crippen molar-refractivity contribution in [1.29, 1.82) is 5.26 Å². The summed E-state index contributed by atoms with van der Waals surface area (Å²) in [4.78, 5) is 22.9. The summed E-state index contributed by atoms with van der Waals surface area (Å²) in [6.07, 6.45) is 1.42. The summed E-state index contributed by atoms with van der Waals surface area (Å²) in [5.74, 6) is 0.160. The zero-order chi connectivity index (χ0) is 24.7. The summed E-state index contributed by atoms with van der Waals surface area (Å²) in [5, 5.41) is 23.3. The number of amides is 1. The third-order valence-electron chi connectivity index (χ3n) is 4.58. The van der Waals surface area contributed by atoms with E-state index in [4.69, 9.17) is 21.1 Å². The Labute approximate surface area is 208 Å². The molecule has 3 aromatic carbocycles. The number of benzene rings is 3. The number of anilines is 1. The third kappa shape index (κ3) is 6.13. The van der Waals surface area contributed by atoms with Crippen LogP contribution in [0.25, 0.3) is 6.08 Å². The fraction of sp³-hybridized carbons (Fsp3) is 0.0833. The lowest BCUT2D eigenvalue weighted by atomic mass is 10.1. The maximum atomic E-state index is 12.6. The number of halogens is 2. The van der Waals surface area contributed by atoms with Gasteiger partial charge in [-0.1, -0.05) is 23.7 Å². The average Bonchev–Trinajstić information content (AvgIpc) is 2.83. The Hall–Kier alpha value is -3.87. The molecule has 10 heteroatoms. The van der Waals surface area contributed by atoms with Crippen molar-refractivity contribution in [2.24, 2.45) is 0 Å². The monoisotopic (exact) mass is 541 g/mol. The van der Waals surface area contributed by atoms with Gasteiger partial charge in [0, 0.05) is 12.1 Å². The summed E-state index contributed by atoms with van der Waals surface area (Å²) in [5.41, 5.74) is 1.51. The van der Waals surface area contributed by atoms with Gasteiger partial charge in [0.2, 0.25) is 0 Å². The van der Waals surface area contributed by atoms with E-state index in [-0.39, 0.29) is 17.9 Å². The molecule has 3 rings (SSSR count). The number of para-hydroxylation sites is 1. The molecule has 1 N–H and O–H groups in total. The van der Waals surface area contributed by atoms with Crippen LogP contribution >= 0.6 is 27.5 Å². The van der Waals surface area contributed by atoms with E-state index < -0.39 is 10.8 Å². The number of carbonyl (C=O) groups excluding carboxylic acids is 1. The number of nitriles is 1. The van der Waals surface area contributed by atoms with E-state index in [1.165, 1.54) is 25.3 Å². The molecular formula is C24H17BrClN3O5. The molecule has 0 unspecified atom stereocenters. The number of carbonyl (C=O) groups is 1. The van der Waals surface area contributed by atoms with Gasteiger partial charge in [0.25, 0.3) is 11.6 Å². The molecule has 0 spiro atoms. The van der Waals surface area contributed by atoms with Gasteiger partial charge in [-0.2, -0.15) is 5.26 Å². The normalized spacial score (nSPS) is 10.8. The predicted molar refractivity (Wildman–Crippen MR) is 132 cm³/mol. The summed E-state index contributed by atoms with van der Waals surface area (Å²) in [6, 6.07) is 17.9. The van der Waals surface area contributed by atoms with Crippen LogP contribution < -0.4 is 14.8 Å². The van der Waals surface area contributed by atoms with Crippen LogP contribution in [-0.4, -0.2) is 17.9 Å². The second kappa shape index (κ2) is 11.3. The number of nitrogens with one attached hydrogen (secondary N) is 1. The summed E-state index contributed by atoms with van der Waals surface area (Å²) in [7, 11) is 1.46. The number of methoxy groups -OCH3 is 1. The minimum absolute atomic E-state index is 0.00878. The Morgan fingerprint density at radius 2 is 1.94 bits per heavy atom. The van der Waals surface area contributed by atoms with Gasteiger partial charge in [0.05, 0.1) is 27.2 Å². The molecule has 0 bridgehead atoms. The second-order valence-corrected chi connectivity index (χ2v) is 8.11. The van der Waals surface area contributed by atoms with Gasteiger partial charge >= 0.3 is 0 Å². The van der Waals surface area contributed by atoms with Crippen molar-refractivity contribution in [2.45, 2.75) is 6.61 Å². The quantitative estimate of drug-likeness (QED) is 0.158. The Morgan fingerprint density at radius 3 is 2.56 bits per heavy atom. The van der Waals surface area contributed by atoms with Crippen LogP contribution in [0.5, 0.6) is 11.5 Å². The molecule has 3 aromatic rings. The number of ether oxygens (including phenoxy) is 2. The summed E-state index contributed by atoms with van der Waals surface area (Å²) >= 11 is 9.50. The smallest absolute Gasteiger partial charge is 0.269 e. The lowest BCUT2D eigenvalue weighted by Gasteiger charge is -2.14. The van der Waals surface area contributed by atoms with E-state index in [0.717, 1.165) is 5.56 Å². The Kier molecular flexibility index (Phi) is 8.24. The van der Waals surface area contributed by atoms with E-state index in [1.807, 2.05) is 6.07 Å². The highest BCUT2D eigenvalue weighted by Crippen LogP contribution is 2.38. The minimum Gasteiger partial charge on any atom is -0.493 e. The Morgan fingerprint density at radius 1 is 1.24 bits per heavy atom. The molecule has 0 saturated heterocycles. The maximum Gasteiger partial charge on any atom is 0.269 e. The molecule has 1 amide bonds. The number of nitro benzene ring substituents is 1. The van der Waals surface area contributed by atoms with E-state index in [1.54, 1.807) is 48.5 Å². The summed E-state index contributed by atoms with van der Waals surface area (Å²) < 4.78 is 11.8. The fourth-order valence-electron chi connectivity index (χ4n) is 2.90. The van der Waals surface area contributed by atoms with Crippen LogP contribution in [0.2, 0.25) is 5.02 Å². The first-order valence-electron chi connectivity index (χ1n) is 9.73. The predicted octanol–water partition coefficient (Wildman–Crippen LogP) is 6.14. The lowest BCUT2D eigenvalue weighted by Crippen LogP contribution is -2.13. The van der Waals surface area contributed by atoms with Gasteiger partial charge in [0.15, 0.2) is 11.5 Å². The largest absolute Gasteiger partial charge is 0.493 e. The molecule has 0 radical (unpaired) electrons. The molecule has 172 valence electrons. The average molecular weight is 543 g/mol. The van der Waals surface area contributed by atoms with Gasteiger partial charge in [-0.05, 0) is 69.5 Å². The summed E-state index contributed by atoms with van der Waals surface area (Å²) in [6.45, 7) is 0.145. The van der Waals surface area contributed by atoms with E-state index in [0.29, 0.717) is 32.2 Å². The molecule has 0 aliphatic rings. The standard InChI is InChI=1S/C24H17BrClN3O5/c1-33-22-12-16(10-17(13-27)24(30)28-21-5-3-2-4-20(21)26)11-19(25)23(22)34-14-15-6-8-18(9-7-15)29(31)32/h2-12H,14H2,1H3,(H,28,30)/b17-10-. The zero-order valence-corrected chi connectivity index (χ0v) is 20.1. The van der Waals surface area contributed by atoms with Crippen molar-refractivity contribution >= 4 is 50.9 Å². The van der Waals surface area contributed by atoms with Crippen LogP contribution in [0.3, 0.4) is 0 Å². The van der Waals surface area contributed by atoms with Gasteiger partial charge in [0.1, 0.15) is 18.2 Å². The topological polar surface area (TPSA) is 114 Å². The highest BCUT2D eigenvalue weighted by molar-refractivity contribution is 9.10.